The maximum Gasteiger partial charge on any atom is 0.0774 e. The van der Waals surface area contributed by atoms with E-state index in [1.54, 1.807) is 23.7 Å². The Morgan fingerprint density at radius 1 is 1.07 bits per heavy atom. The SMILES string of the molecule is OCc1ccc(Cc2ccncc2)s1. The van der Waals surface area contributed by atoms with Crippen LogP contribution < -0.4 is 0 Å². The van der Waals surface area contributed by atoms with Gasteiger partial charge in [-0.3, -0.25) is 4.98 Å². The largest absolute Gasteiger partial charge is 0.391 e. The van der Waals surface area contributed by atoms with Gasteiger partial charge >= 0.3 is 0 Å². The minimum Gasteiger partial charge on any atom is -0.391 e. The lowest BCUT2D eigenvalue weighted by Crippen LogP contribution is -1.83. The highest BCUT2D eigenvalue weighted by Crippen LogP contribution is 2.19. The molecule has 0 bridgehead atoms. The Labute approximate surface area is 86.9 Å². The first kappa shape index (κ1) is 9.37. The van der Waals surface area contributed by atoms with Gasteiger partial charge in [0.15, 0.2) is 0 Å². The van der Waals surface area contributed by atoms with Crippen molar-refractivity contribution in [2.45, 2.75) is 13.0 Å². The number of pyridine rings is 1. The van der Waals surface area contributed by atoms with Crippen LogP contribution in [0.4, 0.5) is 0 Å². The van der Waals surface area contributed by atoms with Crippen molar-refractivity contribution in [2.24, 2.45) is 0 Å². The standard InChI is InChI=1S/C11H11NOS/c13-8-11-2-1-10(14-11)7-9-3-5-12-6-4-9/h1-6,13H,7-8H2. The maximum atomic E-state index is 8.92. The van der Waals surface area contributed by atoms with Crippen molar-refractivity contribution in [3.05, 3.63) is 52.0 Å². The van der Waals surface area contributed by atoms with E-state index in [-0.39, 0.29) is 6.61 Å². The summed E-state index contributed by atoms with van der Waals surface area (Å²) in [6, 6.07) is 8.06. The third kappa shape index (κ3) is 2.19. The average Bonchev–Trinajstić information content (AvgIpc) is 2.67. The summed E-state index contributed by atoms with van der Waals surface area (Å²) in [4.78, 5) is 6.27. The molecule has 0 saturated carbocycles. The monoisotopic (exact) mass is 205 g/mol. The van der Waals surface area contributed by atoms with Gasteiger partial charge in [0.1, 0.15) is 0 Å². The third-order valence-corrected chi connectivity index (χ3v) is 3.07. The van der Waals surface area contributed by atoms with Crippen LogP contribution >= 0.6 is 11.3 Å². The number of hydrogen-bond acceptors (Lipinski definition) is 3. The maximum absolute atomic E-state index is 8.92. The van der Waals surface area contributed by atoms with Gasteiger partial charge in [0.05, 0.1) is 6.61 Å². The van der Waals surface area contributed by atoms with Crippen LogP contribution in [-0.4, -0.2) is 10.1 Å². The Bertz CT molecular complexity index is 397. The van der Waals surface area contributed by atoms with Crippen molar-refractivity contribution in [3.8, 4) is 0 Å². The molecule has 0 aliphatic carbocycles. The summed E-state index contributed by atoms with van der Waals surface area (Å²) in [5, 5.41) is 8.92. The van der Waals surface area contributed by atoms with Crippen LogP contribution in [0.1, 0.15) is 15.3 Å². The summed E-state index contributed by atoms with van der Waals surface area (Å²) in [7, 11) is 0. The number of nitrogens with zero attached hydrogens (tertiary/aromatic N) is 1. The predicted molar refractivity (Wildman–Crippen MR) is 57.3 cm³/mol. The molecule has 14 heavy (non-hydrogen) atoms. The summed E-state index contributed by atoms with van der Waals surface area (Å²) < 4.78 is 0. The molecule has 0 aliphatic heterocycles. The highest BCUT2D eigenvalue weighted by molar-refractivity contribution is 7.11. The zero-order valence-electron chi connectivity index (χ0n) is 7.68. The molecule has 0 spiro atoms. The number of aliphatic hydroxyl groups excluding tert-OH is 1. The second kappa shape index (κ2) is 4.35. The minimum absolute atomic E-state index is 0.140. The van der Waals surface area contributed by atoms with E-state index >= 15 is 0 Å². The fourth-order valence-corrected chi connectivity index (χ4v) is 2.22. The van der Waals surface area contributed by atoms with Crippen LogP contribution in [0.3, 0.4) is 0 Å². The number of rotatable bonds is 3. The van der Waals surface area contributed by atoms with Gasteiger partial charge in [0.25, 0.3) is 0 Å². The second-order valence-electron chi connectivity index (χ2n) is 3.06. The molecule has 3 heteroatoms. The van der Waals surface area contributed by atoms with E-state index < -0.39 is 0 Å². The third-order valence-electron chi connectivity index (χ3n) is 2.00. The van der Waals surface area contributed by atoms with Crippen molar-refractivity contribution in [3.63, 3.8) is 0 Å². The second-order valence-corrected chi connectivity index (χ2v) is 4.31. The van der Waals surface area contributed by atoms with Gasteiger partial charge in [0.2, 0.25) is 0 Å². The van der Waals surface area contributed by atoms with E-state index in [0.29, 0.717) is 0 Å². The van der Waals surface area contributed by atoms with Crippen LogP contribution in [0.15, 0.2) is 36.7 Å². The fourth-order valence-electron chi connectivity index (χ4n) is 1.30. The summed E-state index contributed by atoms with van der Waals surface area (Å²) in [5.41, 5.74) is 1.26. The smallest absolute Gasteiger partial charge is 0.0774 e. The molecule has 0 unspecified atom stereocenters. The van der Waals surface area contributed by atoms with E-state index in [1.165, 1.54) is 10.4 Å². The molecule has 0 radical (unpaired) electrons. The van der Waals surface area contributed by atoms with E-state index in [4.69, 9.17) is 5.11 Å². The number of hydrogen-bond donors (Lipinski definition) is 1. The Morgan fingerprint density at radius 3 is 2.43 bits per heavy atom. The molecule has 2 aromatic heterocycles. The number of aromatic nitrogens is 1. The van der Waals surface area contributed by atoms with Gasteiger partial charge < -0.3 is 5.11 Å². The molecule has 0 fully saturated rings. The highest BCUT2D eigenvalue weighted by atomic mass is 32.1. The first-order chi connectivity index (χ1) is 6.88. The zero-order chi connectivity index (χ0) is 9.80. The molecule has 72 valence electrons. The lowest BCUT2D eigenvalue weighted by Gasteiger charge is -1.96. The highest BCUT2D eigenvalue weighted by Gasteiger charge is 2.00. The molecular weight excluding hydrogens is 194 g/mol. The molecule has 1 N–H and O–H groups in total. The fraction of sp³-hybridized carbons (Fsp3) is 0.182. The lowest BCUT2D eigenvalue weighted by molar-refractivity contribution is 0.285. The van der Waals surface area contributed by atoms with Crippen molar-refractivity contribution in [1.29, 1.82) is 0 Å². The van der Waals surface area contributed by atoms with Crippen LogP contribution in [0.25, 0.3) is 0 Å². The molecule has 0 amide bonds. The molecule has 0 aromatic carbocycles. The van der Waals surface area contributed by atoms with Crippen molar-refractivity contribution in [2.75, 3.05) is 0 Å². The van der Waals surface area contributed by atoms with E-state index in [9.17, 15) is 0 Å². The minimum atomic E-state index is 0.140. The first-order valence-corrected chi connectivity index (χ1v) is 5.27. The van der Waals surface area contributed by atoms with E-state index in [0.717, 1.165) is 11.3 Å². The number of aliphatic hydroxyl groups is 1. The summed E-state index contributed by atoms with van der Waals surface area (Å²) in [6.07, 6.45) is 4.53. The van der Waals surface area contributed by atoms with Gasteiger partial charge in [-0.05, 0) is 29.8 Å². The lowest BCUT2D eigenvalue weighted by atomic mass is 10.2. The molecule has 2 nitrogen and oxygen atoms in total. The van der Waals surface area contributed by atoms with Crippen molar-refractivity contribution < 1.29 is 5.11 Å². The molecule has 0 saturated heterocycles. The van der Waals surface area contributed by atoms with Crippen LogP contribution in [-0.2, 0) is 13.0 Å². The van der Waals surface area contributed by atoms with Gasteiger partial charge in [-0.2, -0.15) is 0 Å². The van der Waals surface area contributed by atoms with Gasteiger partial charge in [-0.15, -0.1) is 11.3 Å². The van der Waals surface area contributed by atoms with Gasteiger partial charge in [0, 0.05) is 28.6 Å². The predicted octanol–water partition coefficient (Wildman–Crippen LogP) is 2.23. The van der Waals surface area contributed by atoms with Crippen LogP contribution in [0.2, 0.25) is 0 Å². The Kier molecular flexibility index (Phi) is 2.91. The Morgan fingerprint density at radius 2 is 1.79 bits per heavy atom. The zero-order valence-corrected chi connectivity index (χ0v) is 8.50. The summed E-state index contributed by atoms with van der Waals surface area (Å²) in [5.74, 6) is 0. The molecular formula is C11H11NOS. The number of thiophene rings is 1. The molecule has 2 aromatic rings. The Balaban J connectivity index is 2.11. The molecule has 2 heterocycles. The average molecular weight is 205 g/mol. The topological polar surface area (TPSA) is 33.1 Å². The summed E-state index contributed by atoms with van der Waals surface area (Å²) >= 11 is 1.66. The Hall–Kier alpha value is -1.19. The van der Waals surface area contributed by atoms with Gasteiger partial charge in [-0.1, -0.05) is 0 Å². The normalized spacial score (nSPS) is 10.4. The quantitative estimate of drug-likeness (QED) is 0.833. The molecule has 0 aliphatic rings. The molecule has 0 atom stereocenters. The van der Waals surface area contributed by atoms with Crippen LogP contribution in [0, 0.1) is 0 Å². The van der Waals surface area contributed by atoms with Crippen molar-refractivity contribution in [1.82, 2.24) is 4.98 Å². The van der Waals surface area contributed by atoms with E-state index in [2.05, 4.69) is 11.1 Å². The van der Waals surface area contributed by atoms with Crippen LogP contribution in [0.5, 0.6) is 0 Å². The van der Waals surface area contributed by atoms with Crippen molar-refractivity contribution >= 4 is 11.3 Å². The van der Waals surface area contributed by atoms with E-state index in [1.807, 2.05) is 18.2 Å². The molecule has 2 rings (SSSR count). The first-order valence-electron chi connectivity index (χ1n) is 4.46. The summed E-state index contributed by atoms with van der Waals surface area (Å²) in [6.45, 7) is 0.140. The van der Waals surface area contributed by atoms with Gasteiger partial charge in [-0.25, -0.2) is 0 Å².